The van der Waals surface area contributed by atoms with Gasteiger partial charge in [0.25, 0.3) is 5.91 Å². The van der Waals surface area contributed by atoms with E-state index in [1.807, 2.05) is 0 Å². The quantitative estimate of drug-likeness (QED) is 0.735. The van der Waals surface area contributed by atoms with Crippen molar-refractivity contribution in [2.75, 3.05) is 12.4 Å². The lowest BCUT2D eigenvalue weighted by atomic mass is 10.4. The Hall–Kier alpha value is -1.49. The first kappa shape index (κ1) is 9.60. The van der Waals surface area contributed by atoms with E-state index in [1.54, 1.807) is 6.92 Å². The molecular formula is C8H11N3O2. The average Bonchev–Trinajstić information content (AvgIpc) is 2.18. The SMILES string of the molecule is COC(C)C(=O)Nc1cnccn1. The van der Waals surface area contributed by atoms with Gasteiger partial charge >= 0.3 is 0 Å². The van der Waals surface area contributed by atoms with E-state index in [0.717, 1.165) is 0 Å². The molecule has 5 nitrogen and oxygen atoms in total. The Balaban J connectivity index is 2.55. The van der Waals surface area contributed by atoms with E-state index in [0.29, 0.717) is 5.82 Å². The number of carbonyl (C=O) groups excluding carboxylic acids is 1. The van der Waals surface area contributed by atoms with Crippen molar-refractivity contribution in [3.63, 3.8) is 0 Å². The molecular weight excluding hydrogens is 170 g/mol. The molecule has 1 rings (SSSR count). The number of hydrogen-bond donors (Lipinski definition) is 1. The van der Waals surface area contributed by atoms with Crippen LogP contribution in [0.4, 0.5) is 5.82 Å². The van der Waals surface area contributed by atoms with Gasteiger partial charge in [0.2, 0.25) is 0 Å². The summed E-state index contributed by atoms with van der Waals surface area (Å²) in [6, 6.07) is 0. The number of carbonyl (C=O) groups is 1. The molecule has 5 heteroatoms. The fraction of sp³-hybridized carbons (Fsp3) is 0.375. The third-order valence-corrected chi connectivity index (χ3v) is 1.54. The molecule has 0 aliphatic rings. The molecule has 70 valence electrons. The summed E-state index contributed by atoms with van der Waals surface area (Å²) >= 11 is 0. The van der Waals surface area contributed by atoms with Crippen molar-refractivity contribution in [3.05, 3.63) is 18.6 Å². The highest BCUT2D eigenvalue weighted by atomic mass is 16.5. The second-order valence-corrected chi connectivity index (χ2v) is 2.46. The molecule has 0 aliphatic heterocycles. The first-order valence-corrected chi connectivity index (χ1v) is 3.83. The fourth-order valence-corrected chi connectivity index (χ4v) is 0.699. The fourth-order valence-electron chi connectivity index (χ4n) is 0.699. The van der Waals surface area contributed by atoms with Gasteiger partial charge in [-0.3, -0.25) is 9.78 Å². The molecule has 1 N–H and O–H groups in total. The van der Waals surface area contributed by atoms with Crippen molar-refractivity contribution >= 4 is 11.7 Å². The molecule has 0 fully saturated rings. The molecule has 0 radical (unpaired) electrons. The summed E-state index contributed by atoms with van der Waals surface area (Å²) in [5.41, 5.74) is 0. The van der Waals surface area contributed by atoms with Crippen molar-refractivity contribution in [1.82, 2.24) is 9.97 Å². The van der Waals surface area contributed by atoms with Gasteiger partial charge in [-0.05, 0) is 6.92 Å². The van der Waals surface area contributed by atoms with Crippen LogP contribution in [0.3, 0.4) is 0 Å². The Morgan fingerprint density at radius 1 is 1.62 bits per heavy atom. The summed E-state index contributed by atoms with van der Waals surface area (Å²) in [5.74, 6) is 0.194. The molecule has 0 spiro atoms. The van der Waals surface area contributed by atoms with Gasteiger partial charge in [-0.25, -0.2) is 4.98 Å². The molecule has 1 aromatic rings. The predicted molar refractivity (Wildman–Crippen MR) is 47.1 cm³/mol. The number of amides is 1. The van der Waals surface area contributed by atoms with Crippen LogP contribution >= 0.6 is 0 Å². The lowest BCUT2D eigenvalue weighted by Crippen LogP contribution is -2.26. The number of anilines is 1. The molecule has 13 heavy (non-hydrogen) atoms. The minimum atomic E-state index is -0.484. The third kappa shape index (κ3) is 2.79. The molecule has 1 atom stereocenters. The van der Waals surface area contributed by atoms with E-state index in [1.165, 1.54) is 25.7 Å². The molecule has 0 bridgehead atoms. The van der Waals surface area contributed by atoms with E-state index < -0.39 is 6.10 Å². The first-order valence-electron chi connectivity index (χ1n) is 3.83. The minimum Gasteiger partial charge on any atom is -0.372 e. The number of aromatic nitrogens is 2. The van der Waals surface area contributed by atoms with Gasteiger partial charge in [0.1, 0.15) is 6.10 Å². The van der Waals surface area contributed by atoms with Crippen LogP contribution in [-0.2, 0) is 9.53 Å². The van der Waals surface area contributed by atoms with E-state index in [4.69, 9.17) is 4.74 Å². The van der Waals surface area contributed by atoms with Gasteiger partial charge in [0, 0.05) is 19.5 Å². The summed E-state index contributed by atoms with van der Waals surface area (Å²) in [6.07, 6.45) is 4.03. The van der Waals surface area contributed by atoms with Crippen molar-refractivity contribution in [2.45, 2.75) is 13.0 Å². The number of nitrogens with one attached hydrogen (secondary N) is 1. The number of rotatable bonds is 3. The van der Waals surface area contributed by atoms with Crippen molar-refractivity contribution < 1.29 is 9.53 Å². The number of nitrogens with zero attached hydrogens (tertiary/aromatic N) is 2. The summed E-state index contributed by atoms with van der Waals surface area (Å²) in [4.78, 5) is 18.9. The highest BCUT2D eigenvalue weighted by molar-refractivity contribution is 5.92. The van der Waals surface area contributed by atoms with E-state index in [-0.39, 0.29) is 5.91 Å². The van der Waals surface area contributed by atoms with Gasteiger partial charge in [0.05, 0.1) is 6.20 Å². The normalized spacial score (nSPS) is 12.2. The monoisotopic (exact) mass is 181 g/mol. The Morgan fingerprint density at radius 3 is 2.92 bits per heavy atom. The number of ether oxygens (including phenoxy) is 1. The Bertz CT molecular complexity index is 276. The van der Waals surface area contributed by atoms with Crippen LogP contribution in [-0.4, -0.2) is 29.1 Å². The molecule has 1 aromatic heterocycles. The maximum Gasteiger partial charge on any atom is 0.254 e. The Kier molecular flexibility index (Phi) is 3.33. The Labute approximate surface area is 76.2 Å². The Morgan fingerprint density at radius 2 is 2.38 bits per heavy atom. The highest BCUT2D eigenvalue weighted by Crippen LogP contribution is 1.99. The molecule has 0 aliphatic carbocycles. The number of hydrogen-bond acceptors (Lipinski definition) is 4. The molecule has 0 saturated carbocycles. The topological polar surface area (TPSA) is 64.1 Å². The maximum absolute atomic E-state index is 11.2. The van der Waals surface area contributed by atoms with Crippen molar-refractivity contribution in [3.8, 4) is 0 Å². The van der Waals surface area contributed by atoms with Crippen LogP contribution in [0, 0.1) is 0 Å². The summed E-state index contributed by atoms with van der Waals surface area (Å²) < 4.78 is 4.82. The second-order valence-electron chi connectivity index (χ2n) is 2.46. The summed E-state index contributed by atoms with van der Waals surface area (Å²) in [7, 11) is 1.47. The lowest BCUT2D eigenvalue weighted by Gasteiger charge is -2.08. The van der Waals surface area contributed by atoms with Crippen LogP contribution in [0.1, 0.15) is 6.92 Å². The van der Waals surface area contributed by atoms with Crippen LogP contribution in [0.2, 0.25) is 0 Å². The lowest BCUT2D eigenvalue weighted by molar-refractivity contribution is -0.124. The van der Waals surface area contributed by atoms with Crippen molar-refractivity contribution in [2.24, 2.45) is 0 Å². The zero-order valence-electron chi connectivity index (χ0n) is 7.52. The standard InChI is InChI=1S/C8H11N3O2/c1-6(13-2)8(12)11-7-5-9-3-4-10-7/h3-6H,1-2H3,(H,10,11,12). The van der Waals surface area contributed by atoms with E-state index in [2.05, 4.69) is 15.3 Å². The molecule has 0 aromatic carbocycles. The summed E-state index contributed by atoms with van der Waals surface area (Å²) in [5, 5.41) is 2.56. The van der Waals surface area contributed by atoms with Gasteiger partial charge in [-0.1, -0.05) is 0 Å². The van der Waals surface area contributed by atoms with Crippen LogP contribution in [0.25, 0.3) is 0 Å². The molecule has 1 amide bonds. The zero-order valence-corrected chi connectivity index (χ0v) is 7.52. The molecule has 1 heterocycles. The average molecular weight is 181 g/mol. The summed E-state index contributed by atoms with van der Waals surface area (Å²) in [6.45, 7) is 1.66. The van der Waals surface area contributed by atoms with Gasteiger partial charge in [-0.15, -0.1) is 0 Å². The minimum absolute atomic E-state index is 0.233. The maximum atomic E-state index is 11.2. The first-order chi connectivity index (χ1) is 6.24. The molecule has 0 saturated heterocycles. The van der Waals surface area contributed by atoms with Crippen molar-refractivity contribution in [1.29, 1.82) is 0 Å². The smallest absolute Gasteiger partial charge is 0.254 e. The predicted octanol–water partition coefficient (Wildman–Crippen LogP) is 0.450. The van der Waals surface area contributed by atoms with E-state index in [9.17, 15) is 4.79 Å². The molecule has 1 unspecified atom stereocenters. The van der Waals surface area contributed by atoms with Crippen LogP contribution in [0.5, 0.6) is 0 Å². The second kappa shape index (κ2) is 4.51. The van der Waals surface area contributed by atoms with Crippen LogP contribution in [0.15, 0.2) is 18.6 Å². The zero-order chi connectivity index (χ0) is 9.68. The third-order valence-electron chi connectivity index (χ3n) is 1.54. The van der Waals surface area contributed by atoms with Gasteiger partial charge < -0.3 is 10.1 Å². The van der Waals surface area contributed by atoms with Crippen LogP contribution < -0.4 is 5.32 Å². The highest BCUT2D eigenvalue weighted by Gasteiger charge is 2.11. The van der Waals surface area contributed by atoms with Gasteiger partial charge in [0.15, 0.2) is 5.82 Å². The van der Waals surface area contributed by atoms with Gasteiger partial charge in [-0.2, -0.15) is 0 Å². The number of methoxy groups -OCH3 is 1. The van der Waals surface area contributed by atoms with E-state index >= 15 is 0 Å². The largest absolute Gasteiger partial charge is 0.372 e.